The number of hydrogen-bond donors (Lipinski definition) is 3. The van der Waals surface area contributed by atoms with Crippen molar-refractivity contribution in [3.05, 3.63) is 17.9 Å². The van der Waals surface area contributed by atoms with E-state index in [9.17, 15) is 4.39 Å². The molecule has 0 saturated heterocycles. The van der Waals surface area contributed by atoms with Crippen molar-refractivity contribution in [1.29, 1.82) is 0 Å². The minimum Gasteiger partial charge on any atom is -0.397 e. The maximum absolute atomic E-state index is 12.5. The van der Waals surface area contributed by atoms with Crippen molar-refractivity contribution in [3.8, 4) is 0 Å². The van der Waals surface area contributed by atoms with Crippen LogP contribution in [0.2, 0.25) is 0 Å². The summed E-state index contributed by atoms with van der Waals surface area (Å²) in [6.45, 7) is 0. The van der Waals surface area contributed by atoms with Crippen LogP contribution in [0.15, 0.2) is 12.1 Å². The first-order valence-corrected chi connectivity index (χ1v) is 2.71. The summed E-state index contributed by atoms with van der Waals surface area (Å²) >= 11 is 0. The van der Waals surface area contributed by atoms with E-state index in [4.69, 9.17) is 17.2 Å². The van der Waals surface area contributed by atoms with Crippen molar-refractivity contribution in [2.24, 2.45) is 0 Å². The van der Waals surface area contributed by atoms with Gasteiger partial charge in [0.25, 0.3) is 0 Å². The van der Waals surface area contributed by atoms with Crippen LogP contribution in [0.4, 0.5) is 21.5 Å². The molecular weight excluding hydrogens is 145 g/mol. The van der Waals surface area contributed by atoms with E-state index < -0.39 is 5.82 Å². The summed E-state index contributed by atoms with van der Waals surface area (Å²) in [5, 5.41) is 0. The molecule has 0 bridgehead atoms. The van der Waals surface area contributed by atoms with Crippen LogP contribution in [-0.2, 0) is 0 Å². The largest absolute Gasteiger partial charge is 0.397 e. The summed E-state index contributed by atoms with van der Waals surface area (Å²) in [4.78, 5) is 0. The molecule has 1 aromatic rings. The highest BCUT2D eigenvalue weighted by atomic mass is 19.1. The van der Waals surface area contributed by atoms with Crippen molar-refractivity contribution >= 4 is 17.1 Å². The van der Waals surface area contributed by atoms with E-state index in [2.05, 4.69) is 0 Å². The number of nitrogens with two attached hydrogens (primary N) is 3. The second kappa shape index (κ2) is 3.09. The standard InChI is InChI=1S/C6H8FN3.CH4/c7-3-1-5(9)6(10)2-4(3)8;/h1-2H,8-10H2;1H4. The molecule has 11 heavy (non-hydrogen) atoms. The minimum atomic E-state index is -0.535. The summed E-state index contributed by atoms with van der Waals surface area (Å²) in [5.74, 6) is -0.535. The average molecular weight is 157 g/mol. The number of halogens is 1. The Morgan fingerprint density at radius 2 is 1.36 bits per heavy atom. The molecule has 1 aromatic carbocycles. The van der Waals surface area contributed by atoms with Gasteiger partial charge in [0.05, 0.1) is 17.1 Å². The number of benzene rings is 1. The number of hydrogen-bond acceptors (Lipinski definition) is 3. The van der Waals surface area contributed by atoms with Crippen LogP contribution < -0.4 is 17.2 Å². The summed E-state index contributed by atoms with van der Waals surface area (Å²) < 4.78 is 12.5. The highest BCUT2D eigenvalue weighted by Crippen LogP contribution is 2.20. The summed E-state index contributed by atoms with van der Waals surface area (Å²) in [6, 6.07) is 2.40. The molecule has 0 spiro atoms. The van der Waals surface area contributed by atoms with Crippen LogP contribution in [-0.4, -0.2) is 0 Å². The second-order valence-electron chi connectivity index (χ2n) is 2.00. The van der Waals surface area contributed by atoms with Gasteiger partial charge < -0.3 is 17.2 Å². The van der Waals surface area contributed by atoms with Gasteiger partial charge in [0.1, 0.15) is 5.82 Å². The number of rotatable bonds is 0. The average Bonchev–Trinajstić information content (AvgIpc) is 1.84. The third-order valence-electron chi connectivity index (χ3n) is 1.20. The number of nitrogen functional groups attached to an aromatic ring is 3. The van der Waals surface area contributed by atoms with Crippen LogP contribution in [0.3, 0.4) is 0 Å². The van der Waals surface area contributed by atoms with Gasteiger partial charge in [-0.1, -0.05) is 7.43 Å². The molecule has 6 N–H and O–H groups in total. The Hall–Kier alpha value is -1.45. The van der Waals surface area contributed by atoms with Gasteiger partial charge in [-0.15, -0.1) is 0 Å². The van der Waals surface area contributed by atoms with Gasteiger partial charge in [0.2, 0.25) is 0 Å². The lowest BCUT2D eigenvalue weighted by Gasteiger charge is -2.01. The van der Waals surface area contributed by atoms with E-state index in [-0.39, 0.29) is 18.8 Å². The Labute approximate surface area is 65.0 Å². The molecule has 0 atom stereocenters. The fourth-order valence-corrected chi connectivity index (χ4v) is 0.623. The normalized spacial score (nSPS) is 8.82. The Balaban J connectivity index is 0.000001000. The summed E-state index contributed by atoms with van der Waals surface area (Å²) in [7, 11) is 0. The first kappa shape index (κ1) is 9.55. The zero-order valence-corrected chi connectivity index (χ0v) is 5.26. The third-order valence-corrected chi connectivity index (χ3v) is 1.20. The number of anilines is 3. The lowest BCUT2D eigenvalue weighted by molar-refractivity contribution is 0.633. The molecule has 0 aromatic heterocycles. The van der Waals surface area contributed by atoms with Gasteiger partial charge >= 0.3 is 0 Å². The summed E-state index contributed by atoms with van der Waals surface area (Å²) in [6.07, 6.45) is 0. The molecule has 0 aliphatic rings. The zero-order valence-electron chi connectivity index (χ0n) is 5.26. The lowest BCUT2D eigenvalue weighted by atomic mass is 10.2. The van der Waals surface area contributed by atoms with Gasteiger partial charge in [-0.05, 0) is 6.07 Å². The molecule has 0 aliphatic heterocycles. The van der Waals surface area contributed by atoms with Crippen molar-refractivity contribution in [1.82, 2.24) is 0 Å². The zero-order chi connectivity index (χ0) is 7.72. The lowest BCUT2D eigenvalue weighted by Crippen LogP contribution is -1.98. The second-order valence-corrected chi connectivity index (χ2v) is 2.00. The molecule has 0 heterocycles. The molecular formula is C7H12FN3. The highest BCUT2D eigenvalue weighted by Gasteiger charge is 2.00. The molecule has 0 amide bonds. The predicted molar refractivity (Wildman–Crippen MR) is 46.4 cm³/mol. The molecule has 1 rings (SSSR count). The van der Waals surface area contributed by atoms with Crippen LogP contribution in [0.1, 0.15) is 7.43 Å². The van der Waals surface area contributed by atoms with Crippen molar-refractivity contribution < 1.29 is 4.39 Å². The molecule has 0 aliphatic carbocycles. The summed E-state index contributed by atoms with van der Waals surface area (Å²) in [5.41, 5.74) is 16.3. The molecule has 0 saturated carbocycles. The van der Waals surface area contributed by atoms with Crippen LogP contribution in [0.5, 0.6) is 0 Å². The molecule has 0 fully saturated rings. The van der Waals surface area contributed by atoms with Gasteiger partial charge in [0, 0.05) is 6.07 Å². The van der Waals surface area contributed by atoms with E-state index in [1.807, 2.05) is 0 Å². The fraction of sp³-hybridized carbons (Fsp3) is 0.143. The smallest absolute Gasteiger partial charge is 0.148 e. The molecule has 62 valence electrons. The van der Waals surface area contributed by atoms with E-state index in [0.717, 1.165) is 6.07 Å². The molecule has 0 unspecified atom stereocenters. The van der Waals surface area contributed by atoms with Crippen molar-refractivity contribution in [2.75, 3.05) is 17.2 Å². The Bertz CT molecular complexity index is 210. The first-order chi connectivity index (χ1) is 4.61. The Morgan fingerprint density at radius 1 is 0.909 bits per heavy atom. The van der Waals surface area contributed by atoms with Crippen molar-refractivity contribution in [2.45, 2.75) is 7.43 Å². The Kier molecular flexibility index (Phi) is 2.69. The topological polar surface area (TPSA) is 78.1 Å². The van der Waals surface area contributed by atoms with Gasteiger partial charge in [-0.3, -0.25) is 0 Å². The maximum atomic E-state index is 12.5. The Morgan fingerprint density at radius 3 is 1.82 bits per heavy atom. The monoisotopic (exact) mass is 157 g/mol. The van der Waals surface area contributed by atoms with Crippen LogP contribution >= 0.6 is 0 Å². The third kappa shape index (κ3) is 1.73. The van der Waals surface area contributed by atoms with Crippen LogP contribution in [0.25, 0.3) is 0 Å². The predicted octanol–water partition coefficient (Wildman–Crippen LogP) is 1.21. The highest BCUT2D eigenvalue weighted by molar-refractivity contribution is 5.68. The fourth-order valence-electron chi connectivity index (χ4n) is 0.623. The molecule has 0 radical (unpaired) electrons. The van der Waals surface area contributed by atoms with E-state index >= 15 is 0 Å². The minimum absolute atomic E-state index is 0. The van der Waals surface area contributed by atoms with Gasteiger partial charge in [0.15, 0.2) is 0 Å². The SMILES string of the molecule is C.Nc1cc(N)c(F)cc1N. The molecule has 3 nitrogen and oxygen atoms in total. The molecule has 4 heteroatoms. The van der Waals surface area contributed by atoms with Gasteiger partial charge in [-0.25, -0.2) is 4.39 Å². The quantitative estimate of drug-likeness (QED) is 0.495. The van der Waals surface area contributed by atoms with E-state index in [0.29, 0.717) is 5.69 Å². The maximum Gasteiger partial charge on any atom is 0.148 e. The van der Waals surface area contributed by atoms with Crippen LogP contribution in [0, 0.1) is 5.82 Å². The van der Waals surface area contributed by atoms with Crippen molar-refractivity contribution in [3.63, 3.8) is 0 Å². The van der Waals surface area contributed by atoms with E-state index in [1.54, 1.807) is 0 Å². The van der Waals surface area contributed by atoms with E-state index in [1.165, 1.54) is 6.07 Å². The first-order valence-electron chi connectivity index (χ1n) is 2.71. The van der Waals surface area contributed by atoms with Gasteiger partial charge in [-0.2, -0.15) is 0 Å².